The van der Waals surface area contributed by atoms with E-state index in [1.54, 1.807) is 60.9 Å². The predicted octanol–water partition coefficient (Wildman–Crippen LogP) is 4.11. The summed E-state index contributed by atoms with van der Waals surface area (Å²) in [5.41, 5.74) is 1.15. The van der Waals surface area contributed by atoms with E-state index in [1.807, 2.05) is 0 Å². The van der Waals surface area contributed by atoms with Gasteiger partial charge >= 0.3 is 0 Å². The SMILES string of the molecule is COc1ccc(Br)cc1C(=O)NC(=S)Nc1ccccc1C(=O)NCc1ccco1. The van der Waals surface area contributed by atoms with E-state index >= 15 is 0 Å². The Morgan fingerprint density at radius 3 is 2.60 bits per heavy atom. The Morgan fingerprint density at radius 2 is 1.87 bits per heavy atom. The van der Waals surface area contributed by atoms with E-state index in [9.17, 15) is 9.59 Å². The van der Waals surface area contributed by atoms with E-state index < -0.39 is 5.91 Å². The number of halogens is 1. The molecule has 3 rings (SSSR count). The molecule has 0 radical (unpaired) electrons. The lowest BCUT2D eigenvalue weighted by molar-refractivity contribution is 0.0947. The van der Waals surface area contributed by atoms with Crippen molar-refractivity contribution in [3.05, 3.63) is 82.2 Å². The summed E-state index contributed by atoms with van der Waals surface area (Å²) in [6.45, 7) is 0.254. The zero-order valence-corrected chi connectivity index (χ0v) is 18.3. The molecule has 0 spiro atoms. The van der Waals surface area contributed by atoms with Gasteiger partial charge in [-0.2, -0.15) is 0 Å². The Hall–Kier alpha value is -3.17. The third kappa shape index (κ3) is 5.46. The number of anilines is 1. The average molecular weight is 488 g/mol. The van der Waals surface area contributed by atoms with Crippen LogP contribution in [-0.2, 0) is 6.54 Å². The van der Waals surface area contributed by atoms with Crippen molar-refractivity contribution < 1.29 is 18.7 Å². The van der Waals surface area contributed by atoms with Gasteiger partial charge in [-0.1, -0.05) is 28.1 Å². The number of methoxy groups -OCH3 is 1. The van der Waals surface area contributed by atoms with Crippen LogP contribution in [-0.4, -0.2) is 24.0 Å². The molecular weight excluding hydrogens is 470 g/mol. The Morgan fingerprint density at radius 1 is 1.07 bits per heavy atom. The molecule has 0 saturated carbocycles. The van der Waals surface area contributed by atoms with Crippen molar-refractivity contribution in [3.8, 4) is 5.75 Å². The Bertz CT molecular complexity index is 1070. The normalized spacial score (nSPS) is 10.2. The first-order valence-corrected chi connectivity index (χ1v) is 10.0. The molecule has 9 heteroatoms. The summed E-state index contributed by atoms with van der Waals surface area (Å²) < 4.78 is 11.2. The summed E-state index contributed by atoms with van der Waals surface area (Å²) in [5.74, 6) is 0.304. The van der Waals surface area contributed by atoms with Crippen LogP contribution in [0.1, 0.15) is 26.5 Å². The van der Waals surface area contributed by atoms with Crippen molar-refractivity contribution in [3.63, 3.8) is 0 Å². The van der Waals surface area contributed by atoms with E-state index in [0.717, 1.165) is 4.47 Å². The number of benzene rings is 2. The lowest BCUT2D eigenvalue weighted by Gasteiger charge is -2.14. The molecule has 0 fully saturated rings. The molecule has 0 aliphatic heterocycles. The molecule has 3 aromatic rings. The highest BCUT2D eigenvalue weighted by molar-refractivity contribution is 9.10. The smallest absolute Gasteiger partial charge is 0.261 e. The fourth-order valence-corrected chi connectivity index (χ4v) is 3.21. The van der Waals surface area contributed by atoms with Crippen LogP contribution in [0.5, 0.6) is 5.75 Å². The molecule has 7 nitrogen and oxygen atoms in total. The molecule has 2 amide bonds. The van der Waals surface area contributed by atoms with Crippen LogP contribution < -0.4 is 20.7 Å². The third-order valence-electron chi connectivity index (χ3n) is 4.06. The summed E-state index contributed by atoms with van der Waals surface area (Å²) in [7, 11) is 1.48. The standard InChI is InChI=1S/C21H18BrN3O4S/c1-28-18-9-8-13(22)11-16(18)20(27)25-21(30)24-17-7-3-2-6-15(17)19(26)23-12-14-5-4-10-29-14/h2-11H,12H2,1H3,(H,23,26)(H2,24,25,27,30). The molecule has 30 heavy (non-hydrogen) atoms. The number of carbonyl (C=O) groups is 2. The van der Waals surface area contributed by atoms with Crippen LogP contribution in [0.15, 0.2) is 69.8 Å². The maximum atomic E-state index is 12.6. The number of para-hydroxylation sites is 1. The van der Waals surface area contributed by atoms with Gasteiger partial charge < -0.3 is 19.8 Å². The molecule has 1 heterocycles. The molecule has 0 aliphatic rings. The van der Waals surface area contributed by atoms with Gasteiger partial charge in [-0.15, -0.1) is 0 Å². The molecule has 0 saturated heterocycles. The van der Waals surface area contributed by atoms with E-state index in [0.29, 0.717) is 28.3 Å². The number of ether oxygens (including phenoxy) is 1. The second-order valence-electron chi connectivity index (χ2n) is 6.06. The van der Waals surface area contributed by atoms with Gasteiger partial charge in [0.25, 0.3) is 11.8 Å². The number of hydrogen-bond acceptors (Lipinski definition) is 5. The van der Waals surface area contributed by atoms with Crippen molar-refractivity contribution >= 4 is 50.8 Å². The first-order chi connectivity index (χ1) is 14.5. The van der Waals surface area contributed by atoms with Gasteiger partial charge in [-0.25, -0.2) is 0 Å². The molecule has 2 aromatic carbocycles. The number of rotatable bonds is 6. The van der Waals surface area contributed by atoms with Gasteiger partial charge in [0.1, 0.15) is 11.5 Å². The zero-order valence-electron chi connectivity index (χ0n) is 15.9. The molecule has 0 unspecified atom stereocenters. The van der Waals surface area contributed by atoms with Crippen LogP contribution in [0, 0.1) is 0 Å². The molecule has 0 aliphatic carbocycles. The highest BCUT2D eigenvalue weighted by atomic mass is 79.9. The number of thiocarbonyl (C=S) groups is 1. The number of hydrogen-bond donors (Lipinski definition) is 3. The van der Waals surface area contributed by atoms with Crippen molar-refractivity contribution in [1.82, 2.24) is 10.6 Å². The van der Waals surface area contributed by atoms with Crippen LogP contribution in [0.2, 0.25) is 0 Å². The highest BCUT2D eigenvalue weighted by Gasteiger charge is 2.16. The van der Waals surface area contributed by atoms with Crippen LogP contribution in [0.3, 0.4) is 0 Å². The first kappa shape index (κ1) is 21.5. The van der Waals surface area contributed by atoms with E-state index in [-0.39, 0.29) is 17.6 Å². The summed E-state index contributed by atoms with van der Waals surface area (Å²) >= 11 is 8.59. The van der Waals surface area contributed by atoms with E-state index in [2.05, 4.69) is 31.9 Å². The number of furan rings is 1. The molecule has 1 aromatic heterocycles. The maximum absolute atomic E-state index is 12.6. The molecule has 0 atom stereocenters. The fourth-order valence-electron chi connectivity index (χ4n) is 2.65. The highest BCUT2D eigenvalue weighted by Crippen LogP contribution is 2.23. The van der Waals surface area contributed by atoms with Crippen molar-refractivity contribution in [2.45, 2.75) is 6.54 Å². The number of carbonyl (C=O) groups excluding carboxylic acids is 2. The van der Waals surface area contributed by atoms with E-state index in [4.69, 9.17) is 21.4 Å². The van der Waals surface area contributed by atoms with Gasteiger partial charge in [0, 0.05) is 4.47 Å². The zero-order chi connectivity index (χ0) is 21.5. The summed E-state index contributed by atoms with van der Waals surface area (Å²) in [5, 5.41) is 8.33. The average Bonchev–Trinajstić information content (AvgIpc) is 3.26. The van der Waals surface area contributed by atoms with Crippen molar-refractivity contribution in [2.24, 2.45) is 0 Å². The fraction of sp³-hybridized carbons (Fsp3) is 0.0952. The van der Waals surface area contributed by atoms with Crippen LogP contribution >= 0.6 is 28.1 Å². The third-order valence-corrected chi connectivity index (χ3v) is 4.75. The van der Waals surface area contributed by atoms with Crippen LogP contribution in [0.25, 0.3) is 0 Å². The molecule has 3 N–H and O–H groups in total. The van der Waals surface area contributed by atoms with Crippen molar-refractivity contribution in [1.29, 1.82) is 0 Å². The molecule has 0 bridgehead atoms. The quantitative estimate of drug-likeness (QED) is 0.453. The molecular formula is C21H18BrN3O4S. The van der Waals surface area contributed by atoms with E-state index in [1.165, 1.54) is 7.11 Å². The minimum absolute atomic E-state index is 0.0494. The molecule has 154 valence electrons. The number of nitrogens with one attached hydrogen (secondary N) is 3. The lowest BCUT2D eigenvalue weighted by atomic mass is 10.1. The Labute approximate surface area is 186 Å². The van der Waals surface area contributed by atoms with Gasteiger partial charge in [0.15, 0.2) is 5.11 Å². The van der Waals surface area contributed by atoms with Crippen LogP contribution in [0.4, 0.5) is 5.69 Å². The minimum Gasteiger partial charge on any atom is -0.496 e. The summed E-state index contributed by atoms with van der Waals surface area (Å²) in [6, 6.07) is 15.4. The second kappa shape index (κ2) is 10.0. The Balaban J connectivity index is 1.67. The summed E-state index contributed by atoms with van der Waals surface area (Å²) in [6.07, 6.45) is 1.54. The van der Waals surface area contributed by atoms with Gasteiger partial charge in [-0.05, 0) is 54.7 Å². The van der Waals surface area contributed by atoms with Crippen molar-refractivity contribution in [2.75, 3.05) is 12.4 Å². The number of amides is 2. The van der Waals surface area contributed by atoms with Gasteiger partial charge in [0.05, 0.1) is 36.7 Å². The Kier molecular flexibility index (Phi) is 7.21. The maximum Gasteiger partial charge on any atom is 0.261 e. The summed E-state index contributed by atoms with van der Waals surface area (Å²) in [4.78, 5) is 25.2. The largest absolute Gasteiger partial charge is 0.496 e. The second-order valence-corrected chi connectivity index (χ2v) is 7.38. The first-order valence-electron chi connectivity index (χ1n) is 8.83. The predicted molar refractivity (Wildman–Crippen MR) is 121 cm³/mol. The minimum atomic E-state index is -0.439. The topological polar surface area (TPSA) is 92.6 Å². The van der Waals surface area contributed by atoms with Gasteiger partial charge in [0.2, 0.25) is 0 Å². The van der Waals surface area contributed by atoms with Gasteiger partial charge in [-0.3, -0.25) is 14.9 Å². The monoisotopic (exact) mass is 487 g/mol. The lowest BCUT2D eigenvalue weighted by Crippen LogP contribution is -2.35.